The van der Waals surface area contributed by atoms with Crippen LogP contribution in [0.2, 0.25) is 0 Å². The molecule has 0 aromatic heterocycles. The Balaban J connectivity index is 2.78. The Bertz CT molecular complexity index is 308. The second kappa shape index (κ2) is 4.62. The number of carboxylic acid groups (broad SMARTS) is 1. The third-order valence-corrected chi connectivity index (χ3v) is 2.11. The van der Waals surface area contributed by atoms with E-state index in [2.05, 4.69) is 0 Å². The summed E-state index contributed by atoms with van der Waals surface area (Å²) in [4.78, 5) is 10.5. The Morgan fingerprint density at radius 1 is 1.36 bits per heavy atom. The summed E-state index contributed by atoms with van der Waals surface area (Å²) in [6.45, 7) is 0.330. The molecule has 0 aliphatic heterocycles. The first kappa shape index (κ1) is 10.5. The summed E-state index contributed by atoms with van der Waals surface area (Å²) >= 11 is 0. The van der Waals surface area contributed by atoms with Crippen LogP contribution in [0.15, 0.2) is 24.3 Å². The molecule has 0 saturated carbocycles. The van der Waals surface area contributed by atoms with Gasteiger partial charge in [-0.1, -0.05) is 12.1 Å². The van der Waals surface area contributed by atoms with Crippen LogP contribution >= 0.6 is 0 Å². The van der Waals surface area contributed by atoms with E-state index in [4.69, 9.17) is 16.6 Å². The topological polar surface area (TPSA) is 89.3 Å². The van der Waals surface area contributed by atoms with Crippen molar-refractivity contribution in [2.24, 2.45) is 5.73 Å². The van der Waals surface area contributed by atoms with Crippen molar-refractivity contribution in [3.63, 3.8) is 0 Å². The molecule has 0 aliphatic rings. The van der Waals surface area contributed by atoms with E-state index in [-0.39, 0.29) is 12.3 Å². The highest BCUT2D eigenvalue weighted by Gasteiger charge is 2.13. The van der Waals surface area contributed by atoms with Crippen molar-refractivity contribution in [3.8, 4) is 0 Å². The average Bonchev–Trinajstić information content (AvgIpc) is 2.15. The number of aliphatic carboxylic acids is 1. The van der Waals surface area contributed by atoms with E-state index in [1.807, 2.05) is 12.1 Å². The van der Waals surface area contributed by atoms with Crippen molar-refractivity contribution in [1.29, 1.82) is 0 Å². The van der Waals surface area contributed by atoms with Crippen molar-refractivity contribution in [1.82, 2.24) is 0 Å². The summed E-state index contributed by atoms with van der Waals surface area (Å²) in [6, 6.07) is 7.13. The molecule has 0 amide bonds. The van der Waals surface area contributed by atoms with Crippen molar-refractivity contribution in [2.75, 3.05) is 12.3 Å². The largest absolute Gasteiger partial charge is 0.481 e. The lowest BCUT2D eigenvalue weighted by Gasteiger charge is -2.12. The van der Waals surface area contributed by atoms with Crippen LogP contribution in [0.5, 0.6) is 0 Å². The fraction of sp³-hybridized carbons (Fsp3) is 0.300. The average molecular weight is 194 g/mol. The summed E-state index contributed by atoms with van der Waals surface area (Å²) in [5.41, 5.74) is 12.6. The molecule has 14 heavy (non-hydrogen) atoms. The van der Waals surface area contributed by atoms with Gasteiger partial charge in [-0.3, -0.25) is 4.79 Å². The van der Waals surface area contributed by atoms with E-state index in [0.29, 0.717) is 12.2 Å². The van der Waals surface area contributed by atoms with Crippen LogP contribution in [0.3, 0.4) is 0 Å². The van der Waals surface area contributed by atoms with Gasteiger partial charge < -0.3 is 16.6 Å². The summed E-state index contributed by atoms with van der Waals surface area (Å²) in [5.74, 6) is -0.967. The number of benzene rings is 1. The number of anilines is 1. The number of hydrogen-bond acceptors (Lipinski definition) is 3. The molecule has 0 spiro atoms. The maximum Gasteiger partial charge on any atom is 0.304 e. The van der Waals surface area contributed by atoms with Crippen LogP contribution in [0.1, 0.15) is 17.9 Å². The quantitative estimate of drug-likeness (QED) is 0.618. The summed E-state index contributed by atoms with van der Waals surface area (Å²) in [5, 5.41) is 8.65. The van der Waals surface area contributed by atoms with Gasteiger partial charge in [0.1, 0.15) is 0 Å². The number of carboxylic acids is 1. The standard InChI is InChI=1S/C10H14N2O2/c11-6-8(5-10(13)14)7-1-3-9(12)4-2-7/h1-4,8H,5-6,11-12H2,(H,13,14). The first-order valence-electron chi connectivity index (χ1n) is 4.40. The van der Waals surface area contributed by atoms with Gasteiger partial charge in [-0.2, -0.15) is 0 Å². The first-order valence-corrected chi connectivity index (χ1v) is 4.40. The van der Waals surface area contributed by atoms with E-state index in [0.717, 1.165) is 5.56 Å². The summed E-state index contributed by atoms with van der Waals surface area (Å²) in [7, 11) is 0. The lowest BCUT2D eigenvalue weighted by Crippen LogP contribution is -2.16. The van der Waals surface area contributed by atoms with Crippen LogP contribution < -0.4 is 11.5 Å². The maximum atomic E-state index is 10.5. The van der Waals surface area contributed by atoms with Crippen LogP contribution in [0.4, 0.5) is 5.69 Å². The maximum absolute atomic E-state index is 10.5. The van der Waals surface area contributed by atoms with Gasteiger partial charge >= 0.3 is 5.97 Å². The predicted octanol–water partition coefficient (Wildman–Crippen LogP) is 0.786. The highest BCUT2D eigenvalue weighted by Crippen LogP contribution is 2.19. The Hall–Kier alpha value is -1.55. The van der Waals surface area contributed by atoms with Crippen molar-refractivity contribution in [3.05, 3.63) is 29.8 Å². The van der Waals surface area contributed by atoms with Gasteiger partial charge in [0.25, 0.3) is 0 Å². The minimum absolute atomic E-state index is 0.0560. The highest BCUT2D eigenvalue weighted by molar-refractivity contribution is 5.68. The SMILES string of the molecule is NCC(CC(=O)O)c1ccc(N)cc1. The minimum Gasteiger partial charge on any atom is -0.481 e. The van der Waals surface area contributed by atoms with Crippen molar-refractivity contribution in [2.45, 2.75) is 12.3 Å². The Morgan fingerprint density at radius 2 is 1.93 bits per heavy atom. The number of nitrogens with two attached hydrogens (primary N) is 2. The summed E-state index contributed by atoms with van der Waals surface area (Å²) < 4.78 is 0. The number of nitrogen functional groups attached to an aromatic ring is 1. The molecule has 0 radical (unpaired) electrons. The third-order valence-electron chi connectivity index (χ3n) is 2.11. The molecule has 1 atom stereocenters. The molecular formula is C10H14N2O2. The molecule has 0 fully saturated rings. The number of carbonyl (C=O) groups is 1. The molecule has 1 aromatic carbocycles. The van der Waals surface area contributed by atoms with Gasteiger partial charge in [0.15, 0.2) is 0 Å². The van der Waals surface area contributed by atoms with Gasteiger partial charge in [0.2, 0.25) is 0 Å². The van der Waals surface area contributed by atoms with Gasteiger partial charge in [0, 0.05) is 11.6 Å². The van der Waals surface area contributed by atoms with Crippen LogP contribution in [0, 0.1) is 0 Å². The second-order valence-electron chi connectivity index (χ2n) is 3.20. The Labute approximate surface area is 82.5 Å². The molecule has 5 N–H and O–H groups in total. The fourth-order valence-electron chi connectivity index (χ4n) is 1.32. The molecular weight excluding hydrogens is 180 g/mol. The van der Waals surface area contributed by atoms with Crippen LogP contribution in [-0.2, 0) is 4.79 Å². The summed E-state index contributed by atoms with van der Waals surface area (Å²) in [6.07, 6.45) is 0.0560. The molecule has 0 aliphatic carbocycles. The van der Waals surface area contributed by atoms with E-state index >= 15 is 0 Å². The predicted molar refractivity (Wildman–Crippen MR) is 54.9 cm³/mol. The molecule has 0 bridgehead atoms. The highest BCUT2D eigenvalue weighted by atomic mass is 16.4. The molecule has 1 rings (SSSR count). The van der Waals surface area contributed by atoms with E-state index in [1.165, 1.54) is 0 Å². The molecule has 76 valence electrons. The zero-order chi connectivity index (χ0) is 10.6. The number of rotatable bonds is 4. The molecule has 4 nitrogen and oxygen atoms in total. The molecule has 1 aromatic rings. The lowest BCUT2D eigenvalue weighted by molar-refractivity contribution is -0.137. The molecule has 1 unspecified atom stereocenters. The molecule has 4 heteroatoms. The Kier molecular flexibility index (Phi) is 3.48. The van der Waals surface area contributed by atoms with Crippen molar-refractivity contribution < 1.29 is 9.90 Å². The van der Waals surface area contributed by atoms with Gasteiger partial charge in [-0.15, -0.1) is 0 Å². The van der Waals surface area contributed by atoms with E-state index in [9.17, 15) is 4.79 Å². The Morgan fingerprint density at radius 3 is 2.36 bits per heavy atom. The van der Waals surface area contributed by atoms with Gasteiger partial charge in [-0.05, 0) is 24.2 Å². The normalized spacial score (nSPS) is 12.4. The van der Waals surface area contributed by atoms with E-state index in [1.54, 1.807) is 12.1 Å². The number of hydrogen-bond donors (Lipinski definition) is 3. The first-order chi connectivity index (χ1) is 6.63. The van der Waals surface area contributed by atoms with Gasteiger partial charge in [-0.25, -0.2) is 0 Å². The van der Waals surface area contributed by atoms with E-state index < -0.39 is 5.97 Å². The third kappa shape index (κ3) is 2.74. The smallest absolute Gasteiger partial charge is 0.304 e. The van der Waals surface area contributed by atoms with Crippen LogP contribution in [-0.4, -0.2) is 17.6 Å². The second-order valence-corrected chi connectivity index (χ2v) is 3.20. The van der Waals surface area contributed by atoms with Crippen molar-refractivity contribution >= 4 is 11.7 Å². The van der Waals surface area contributed by atoms with Gasteiger partial charge in [0.05, 0.1) is 6.42 Å². The fourth-order valence-corrected chi connectivity index (χ4v) is 1.32. The molecule has 0 saturated heterocycles. The zero-order valence-corrected chi connectivity index (χ0v) is 7.81. The zero-order valence-electron chi connectivity index (χ0n) is 7.81. The molecule has 0 heterocycles. The minimum atomic E-state index is -0.836. The monoisotopic (exact) mass is 194 g/mol. The van der Waals surface area contributed by atoms with Crippen LogP contribution in [0.25, 0.3) is 0 Å². The lowest BCUT2D eigenvalue weighted by atomic mass is 9.96.